The Kier molecular flexibility index (Phi) is 6.24. The Morgan fingerprint density at radius 3 is 1.19 bits per heavy atom. The summed E-state index contributed by atoms with van der Waals surface area (Å²) in [6, 6.07) is 14.2. The SMILES string of the molecule is C.CC.CC(C)(C)c1ccc2c(c1)C(C)(C)c1cc(C(C)(C)C)ccc1-2. The largest absolute Gasteiger partial charge is 0.0776 e. The van der Waals surface area contributed by atoms with E-state index in [1.54, 1.807) is 0 Å². The second-order valence-corrected chi connectivity index (χ2v) is 9.65. The van der Waals surface area contributed by atoms with Gasteiger partial charge in [0.25, 0.3) is 0 Å². The van der Waals surface area contributed by atoms with E-state index in [9.17, 15) is 0 Å². The molecular formula is C26H40. The molecule has 0 fully saturated rings. The van der Waals surface area contributed by atoms with Gasteiger partial charge in [-0.05, 0) is 44.2 Å². The van der Waals surface area contributed by atoms with E-state index >= 15 is 0 Å². The second-order valence-electron chi connectivity index (χ2n) is 9.65. The zero-order valence-corrected chi connectivity index (χ0v) is 18.0. The topological polar surface area (TPSA) is 0 Å². The first-order valence-electron chi connectivity index (χ1n) is 9.73. The fourth-order valence-corrected chi connectivity index (χ4v) is 3.67. The summed E-state index contributed by atoms with van der Waals surface area (Å²) in [4.78, 5) is 0. The van der Waals surface area contributed by atoms with Crippen LogP contribution in [0, 0.1) is 0 Å². The quantitative estimate of drug-likeness (QED) is 0.447. The van der Waals surface area contributed by atoms with Crippen molar-refractivity contribution in [2.45, 2.75) is 92.9 Å². The van der Waals surface area contributed by atoms with Crippen LogP contribution >= 0.6 is 0 Å². The maximum atomic E-state index is 2.44. The average molecular weight is 353 g/mol. The third-order valence-electron chi connectivity index (χ3n) is 5.41. The van der Waals surface area contributed by atoms with Gasteiger partial charge in [0.05, 0.1) is 0 Å². The van der Waals surface area contributed by atoms with E-state index < -0.39 is 0 Å². The molecule has 0 unspecified atom stereocenters. The molecule has 0 aromatic heterocycles. The molecule has 0 heteroatoms. The van der Waals surface area contributed by atoms with Gasteiger partial charge in [-0.25, -0.2) is 0 Å². The fourth-order valence-electron chi connectivity index (χ4n) is 3.67. The van der Waals surface area contributed by atoms with Gasteiger partial charge in [0.1, 0.15) is 0 Å². The second kappa shape index (κ2) is 7.22. The predicted molar refractivity (Wildman–Crippen MR) is 119 cm³/mol. The van der Waals surface area contributed by atoms with Crippen molar-refractivity contribution in [3.05, 3.63) is 58.7 Å². The van der Waals surface area contributed by atoms with Gasteiger partial charge in [-0.1, -0.05) is 113 Å². The molecule has 0 spiro atoms. The summed E-state index contributed by atoms with van der Waals surface area (Å²) in [5, 5.41) is 0. The summed E-state index contributed by atoms with van der Waals surface area (Å²) in [5.41, 5.74) is 9.09. The molecule has 2 aromatic rings. The Hall–Kier alpha value is -1.56. The van der Waals surface area contributed by atoms with Crippen LogP contribution in [0.15, 0.2) is 36.4 Å². The molecule has 2 aromatic carbocycles. The summed E-state index contributed by atoms with van der Waals surface area (Å²) in [6.07, 6.45) is 0. The van der Waals surface area contributed by atoms with Crippen molar-refractivity contribution in [1.82, 2.24) is 0 Å². The highest BCUT2D eigenvalue weighted by Crippen LogP contribution is 2.50. The maximum Gasteiger partial charge on any atom is 0.0159 e. The van der Waals surface area contributed by atoms with Crippen LogP contribution < -0.4 is 0 Å². The molecule has 0 N–H and O–H groups in total. The zero-order valence-electron chi connectivity index (χ0n) is 18.0. The molecule has 0 atom stereocenters. The van der Waals surface area contributed by atoms with E-state index in [1.165, 1.54) is 33.4 Å². The lowest BCUT2D eigenvalue weighted by atomic mass is 9.77. The summed E-state index contributed by atoms with van der Waals surface area (Å²) >= 11 is 0. The summed E-state index contributed by atoms with van der Waals surface area (Å²) in [5.74, 6) is 0. The van der Waals surface area contributed by atoms with Crippen LogP contribution in [-0.2, 0) is 16.2 Å². The van der Waals surface area contributed by atoms with Crippen LogP contribution in [0.5, 0.6) is 0 Å². The van der Waals surface area contributed by atoms with Crippen LogP contribution in [0.1, 0.15) is 98.9 Å². The monoisotopic (exact) mass is 352 g/mol. The third-order valence-corrected chi connectivity index (χ3v) is 5.41. The maximum absolute atomic E-state index is 2.44. The highest BCUT2D eigenvalue weighted by Gasteiger charge is 2.36. The number of hydrogen-bond acceptors (Lipinski definition) is 0. The van der Waals surface area contributed by atoms with Crippen LogP contribution in [-0.4, -0.2) is 0 Å². The lowest BCUT2D eigenvalue weighted by molar-refractivity contribution is 0.580. The van der Waals surface area contributed by atoms with Gasteiger partial charge in [-0.2, -0.15) is 0 Å². The Balaban J connectivity index is 0.00000109. The molecule has 1 aliphatic carbocycles. The van der Waals surface area contributed by atoms with E-state index in [2.05, 4.69) is 91.8 Å². The van der Waals surface area contributed by atoms with Gasteiger partial charge in [0.15, 0.2) is 0 Å². The molecule has 3 rings (SSSR count). The molecule has 0 bridgehead atoms. The minimum Gasteiger partial charge on any atom is -0.0776 e. The zero-order chi connectivity index (χ0) is 19.2. The Morgan fingerprint density at radius 2 is 0.923 bits per heavy atom. The Bertz CT molecular complexity index is 696. The van der Waals surface area contributed by atoms with Crippen molar-refractivity contribution < 1.29 is 0 Å². The minimum atomic E-state index is 0. The van der Waals surface area contributed by atoms with Crippen molar-refractivity contribution in [1.29, 1.82) is 0 Å². The van der Waals surface area contributed by atoms with E-state index in [4.69, 9.17) is 0 Å². The van der Waals surface area contributed by atoms with Crippen molar-refractivity contribution in [2.75, 3.05) is 0 Å². The fraction of sp³-hybridized carbons (Fsp3) is 0.538. The number of benzene rings is 2. The number of fused-ring (bicyclic) bond motifs is 3. The normalized spacial score (nSPS) is 14.5. The molecule has 26 heavy (non-hydrogen) atoms. The first kappa shape index (κ1) is 22.5. The molecule has 1 aliphatic rings. The Labute approximate surface area is 163 Å². The van der Waals surface area contributed by atoms with Crippen LogP contribution in [0.4, 0.5) is 0 Å². The minimum absolute atomic E-state index is 0. The van der Waals surface area contributed by atoms with Gasteiger partial charge in [-0.15, -0.1) is 0 Å². The molecule has 144 valence electrons. The molecule has 0 amide bonds. The molecule has 0 nitrogen and oxygen atoms in total. The van der Waals surface area contributed by atoms with Gasteiger partial charge in [0.2, 0.25) is 0 Å². The number of rotatable bonds is 0. The van der Waals surface area contributed by atoms with Gasteiger partial charge in [0, 0.05) is 5.41 Å². The summed E-state index contributed by atoms with van der Waals surface area (Å²) in [6.45, 7) is 22.5. The summed E-state index contributed by atoms with van der Waals surface area (Å²) < 4.78 is 0. The molecule has 0 saturated carbocycles. The van der Waals surface area contributed by atoms with E-state index in [-0.39, 0.29) is 23.7 Å². The van der Waals surface area contributed by atoms with E-state index in [0.29, 0.717) is 0 Å². The van der Waals surface area contributed by atoms with Gasteiger partial charge < -0.3 is 0 Å². The van der Waals surface area contributed by atoms with Crippen LogP contribution in [0.3, 0.4) is 0 Å². The third kappa shape index (κ3) is 3.75. The van der Waals surface area contributed by atoms with Gasteiger partial charge in [-0.3, -0.25) is 0 Å². The van der Waals surface area contributed by atoms with E-state index in [1.807, 2.05) is 13.8 Å². The van der Waals surface area contributed by atoms with Crippen LogP contribution in [0.2, 0.25) is 0 Å². The van der Waals surface area contributed by atoms with Crippen molar-refractivity contribution >= 4 is 0 Å². The van der Waals surface area contributed by atoms with Crippen molar-refractivity contribution in [2.24, 2.45) is 0 Å². The highest BCUT2D eigenvalue weighted by molar-refractivity contribution is 5.81. The van der Waals surface area contributed by atoms with Crippen molar-refractivity contribution in [3.8, 4) is 11.1 Å². The molecule has 0 aliphatic heterocycles. The molecule has 0 heterocycles. The average Bonchev–Trinajstić information content (AvgIpc) is 2.75. The van der Waals surface area contributed by atoms with E-state index in [0.717, 1.165) is 0 Å². The summed E-state index contributed by atoms with van der Waals surface area (Å²) in [7, 11) is 0. The highest BCUT2D eigenvalue weighted by atomic mass is 14.4. The molecular weight excluding hydrogens is 312 g/mol. The molecule has 0 saturated heterocycles. The predicted octanol–water partition coefficient (Wildman–Crippen LogP) is 8.25. The standard InChI is InChI=1S/C23H30.C2H6.CH4/c1-21(2,3)15-9-11-17-18-12-10-16(22(4,5)6)14-20(18)23(7,8)19(17)13-15;1-2;/h9-14H,1-8H3;1-2H3;1H4. The lowest BCUT2D eigenvalue weighted by Crippen LogP contribution is -2.19. The van der Waals surface area contributed by atoms with Crippen molar-refractivity contribution in [3.63, 3.8) is 0 Å². The Morgan fingerprint density at radius 1 is 0.615 bits per heavy atom. The smallest absolute Gasteiger partial charge is 0.0159 e. The van der Waals surface area contributed by atoms with Crippen LogP contribution in [0.25, 0.3) is 11.1 Å². The van der Waals surface area contributed by atoms with Gasteiger partial charge >= 0.3 is 0 Å². The lowest BCUT2D eigenvalue weighted by Gasteiger charge is -2.26. The number of hydrogen-bond donors (Lipinski definition) is 0. The first-order chi connectivity index (χ1) is 11.4. The molecule has 0 radical (unpaired) electrons. The first-order valence-corrected chi connectivity index (χ1v) is 9.73.